The summed E-state index contributed by atoms with van der Waals surface area (Å²) in [7, 11) is 1.96. The van der Waals surface area contributed by atoms with E-state index in [2.05, 4.69) is 15.5 Å². The largest absolute Gasteiger partial charge is 0.339 e. The number of halogens is 1. The SMILES string of the molecule is CNC1CCCC1c1nc(-c2ccc(F)cc2)no1. The van der Waals surface area contributed by atoms with Gasteiger partial charge in [-0.3, -0.25) is 0 Å². The molecule has 1 fully saturated rings. The van der Waals surface area contributed by atoms with Crippen molar-refractivity contribution in [1.29, 1.82) is 0 Å². The molecule has 4 nitrogen and oxygen atoms in total. The van der Waals surface area contributed by atoms with Crippen LogP contribution in [-0.2, 0) is 0 Å². The molecule has 0 aliphatic heterocycles. The molecule has 0 saturated heterocycles. The van der Waals surface area contributed by atoms with E-state index in [1.165, 1.54) is 18.6 Å². The molecule has 100 valence electrons. The second-order valence-corrected chi connectivity index (χ2v) is 4.90. The van der Waals surface area contributed by atoms with Gasteiger partial charge in [0.05, 0.1) is 5.92 Å². The lowest BCUT2D eigenvalue weighted by molar-refractivity contribution is 0.335. The molecule has 19 heavy (non-hydrogen) atoms. The third-order valence-electron chi connectivity index (χ3n) is 3.75. The molecular weight excluding hydrogens is 245 g/mol. The van der Waals surface area contributed by atoms with Gasteiger partial charge in [0, 0.05) is 11.6 Å². The van der Waals surface area contributed by atoms with Crippen LogP contribution in [0.1, 0.15) is 31.1 Å². The van der Waals surface area contributed by atoms with Crippen molar-refractivity contribution in [2.45, 2.75) is 31.2 Å². The van der Waals surface area contributed by atoms with Gasteiger partial charge in [0.1, 0.15) is 5.82 Å². The lowest BCUT2D eigenvalue weighted by Gasteiger charge is -2.14. The number of nitrogens with one attached hydrogen (secondary N) is 1. The summed E-state index contributed by atoms with van der Waals surface area (Å²) in [6, 6.07) is 6.53. The van der Waals surface area contributed by atoms with E-state index in [1.807, 2.05) is 7.05 Å². The van der Waals surface area contributed by atoms with Gasteiger partial charge >= 0.3 is 0 Å². The van der Waals surface area contributed by atoms with Crippen LogP contribution in [0.5, 0.6) is 0 Å². The summed E-state index contributed by atoms with van der Waals surface area (Å²) in [5, 5.41) is 7.28. The molecule has 1 saturated carbocycles. The number of aromatic nitrogens is 2. The lowest BCUT2D eigenvalue weighted by atomic mass is 10.0. The normalized spacial score (nSPS) is 22.8. The first-order valence-electron chi connectivity index (χ1n) is 6.55. The van der Waals surface area contributed by atoms with Crippen LogP contribution in [0.4, 0.5) is 4.39 Å². The van der Waals surface area contributed by atoms with E-state index in [0.717, 1.165) is 18.4 Å². The van der Waals surface area contributed by atoms with Crippen LogP contribution in [-0.4, -0.2) is 23.2 Å². The smallest absolute Gasteiger partial charge is 0.231 e. The zero-order chi connectivity index (χ0) is 13.2. The van der Waals surface area contributed by atoms with Crippen molar-refractivity contribution in [2.24, 2.45) is 0 Å². The zero-order valence-electron chi connectivity index (χ0n) is 10.8. The van der Waals surface area contributed by atoms with Gasteiger partial charge in [-0.2, -0.15) is 4.98 Å². The van der Waals surface area contributed by atoms with Gasteiger partial charge in [-0.25, -0.2) is 4.39 Å². The fourth-order valence-electron chi connectivity index (χ4n) is 2.70. The van der Waals surface area contributed by atoms with Crippen LogP contribution in [0.15, 0.2) is 28.8 Å². The highest BCUT2D eigenvalue weighted by Crippen LogP contribution is 2.34. The number of benzene rings is 1. The number of rotatable bonds is 3. The zero-order valence-corrected chi connectivity index (χ0v) is 10.8. The molecule has 0 spiro atoms. The maximum atomic E-state index is 12.9. The molecule has 1 aliphatic rings. The molecular formula is C14H16FN3O. The van der Waals surface area contributed by atoms with E-state index in [-0.39, 0.29) is 11.7 Å². The number of likely N-dealkylation sites (N-methyl/N-ethyl adjacent to an activating group) is 1. The van der Waals surface area contributed by atoms with Gasteiger partial charge < -0.3 is 9.84 Å². The fourth-order valence-corrected chi connectivity index (χ4v) is 2.70. The molecule has 1 heterocycles. The van der Waals surface area contributed by atoms with E-state index < -0.39 is 0 Å². The summed E-state index contributed by atoms with van der Waals surface area (Å²) in [5.74, 6) is 1.22. The van der Waals surface area contributed by atoms with Crippen LogP contribution in [0.3, 0.4) is 0 Å². The Morgan fingerprint density at radius 3 is 2.79 bits per heavy atom. The van der Waals surface area contributed by atoms with Crippen molar-refractivity contribution < 1.29 is 8.91 Å². The van der Waals surface area contributed by atoms with E-state index in [4.69, 9.17) is 4.52 Å². The lowest BCUT2D eigenvalue weighted by Crippen LogP contribution is -2.27. The van der Waals surface area contributed by atoms with Crippen molar-refractivity contribution >= 4 is 0 Å². The Hall–Kier alpha value is -1.75. The van der Waals surface area contributed by atoms with Crippen LogP contribution < -0.4 is 5.32 Å². The molecule has 2 atom stereocenters. The fraction of sp³-hybridized carbons (Fsp3) is 0.429. The summed E-state index contributed by atoms with van der Waals surface area (Å²) in [5.41, 5.74) is 0.774. The molecule has 0 radical (unpaired) electrons. The molecule has 2 unspecified atom stereocenters. The first-order chi connectivity index (χ1) is 9.28. The van der Waals surface area contributed by atoms with E-state index in [9.17, 15) is 4.39 Å². The van der Waals surface area contributed by atoms with Gasteiger partial charge in [-0.1, -0.05) is 11.6 Å². The maximum Gasteiger partial charge on any atom is 0.231 e. The predicted molar refractivity (Wildman–Crippen MR) is 69.1 cm³/mol. The highest BCUT2D eigenvalue weighted by Gasteiger charge is 2.31. The average Bonchev–Trinajstić information content (AvgIpc) is 3.07. The molecule has 1 aromatic heterocycles. The van der Waals surface area contributed by atoms with Crippen molar-refractivity contribution in [3.8, 4) is 11.4 Å². The summed E-state index contributed by atoms with van der Waals surface area (Å²) >= 11 is 0. The number of nitrogens with zero attached hydrogens (tertiary/aromatic N) is 2. The Morgan fingerprint density at radius 2 is 2.05 bits per heavy atom. The minimum absolute atomic E-state index is 0.265. The standard InChI is InChI=1S/C14H16FN3O/c1-16-12-4-2-3-11(12)14-17-13(18-19-14)9-5-7-10(15)8-6-9/h5-8,11-12,16H,2-4H2,1H3. The van der Waals surface area contributed by atoms with Crippen LogP contribution in [0, 0.1) is 5.82 Å². The minimum Gasteiger partial charge on any atom is -0.339 e. The quantitative estimate of drug-likeness (QED) is 0.923. The second-order valence-electron chi connectivity index (χ2n) is 4.90. The molecule has 5 heteroatoms. The third kappa shape index (κ3) is 2.38. The van der Waals surface area contributed by atoms with Crippen LogP contribution in [0.2, 0.25) is 0 Å². The average molecular weight is 261 g/mol. The Kier molecular flexibility index (Phi) is 3.29. The Labute approximate surface area is 111 Å². The molecule has 0 bridgehead atoms. The van der Waals surface area contributed by atoms with Crippen molar-refractivity contribution in [3.05, 3.63) is 36.0 Å². The highest BCUT2D eigenvalue weighted by atomic mass is 19.1. The summed E-state index contributed by atoms with van der Waals surface area (Å²) < 4.78 is 18.2. The van der Waals surface area contributed by atoms with Gasteiger partial charge in [-0.05, 0) is 44.2 Å². The Balaban J connectivity index is 1.85. The number of hydrogen-bond donors (Lipinski definition) is 1. The second kappa shape index (κ2) is 5.09. The minimum atomic E-state index is -0.265. The topological polar surface area (TPSA) is 51.0 Å². The van der Waals surface area contributed by atoms with Crippen molar-refractivity contribution in [1.82, 2.24) is 15.5 Å². The van der Waals surface area contributed by atoms with Gasteiger partial charge in [-0.15, -0.1) is 0 Å². The molecule has 3 rings (SSSR count). The third-order valence-corrected chi connectivity index (χ3v) is 3.75. The summed E-state index contributed by atoms with van der Waals surface area (Å²) in [6.07, 6.45) is 3.37. The predicted octanol–water partition coefficient (Wildman–Crippen LogP) is 2.73. The summed E-state index contributed by atoms with van der Waals surface area (Å²) in [4.78, 5) is 4.45. The first kappa shape index (κ1) is 12.3. The molecule has 1 aliphatic carbocycles. The molecule has 2 aromatic rings. The van der Waals surface area contributed by atoms with Crippen molar-refractivity contribution in [3.63, 3.8) is 0 Å². The monoisotopic (exact) mass is 261 g/mol. The Morgan fingerprint density at radius 1 is 1.26 bits per heavy atom. The van der Waals surface area contributed by atoms with Crippen LogP contribution in [0.25, 0.3) is 11.4 Å². The van der Waals surface area contributed by atoms with E-state index >= 15 is 0 Å². The molecule has 1 N–H and O–H groups in total. The Bertz CT molecular complexity index is 552. The van der Waals surface area contributed by atoms with E-state index in [1.54, 1.807) is 12.1 Å². The summed E-state index contributed by atoms with van der Waals surface area (Å²) in [6.45, 7) is 0. The van der Waals surface area contributed by atoms with Crippen LogP contribution >= 0.6 is 0 Å². The number of hydrogen-bond acceptors (Lipinski definition) is 4. The van der Waals surface area contributed by atoms with Crippen molar-refractivity contribution in [2.75, 3.05) is 7.05 Å². The van der Waals surface area contributed by atoms with Gasteiger partial charge in [0.2, 0.25) is 11.7 Å². The maximum absolute atomic E-state index is 12.9. The van der Waals surface area contributed by atoms with E-state index in [0.29, 0.717) is 17.8 Å². The molecule has 0 amide bonds. The van der Waals surface area contributed by atoms with Gasteiger partial charge in [0.25, 0.3) is 0 Å². The van der Waals surface area contributed by atoms with Gasteiger partial charge in [0.15, 0.2) is 0 Å². The molecule has 1 aromatic carbocycles. The first-order valence-corrected chi connectivity index (χ1v) is 6.55. The highest BCUT2D eigenvalue weighted by molar-refractivity contribution is 5.53.